The molecule has 0 amide bonds. The number of aromatic nitrogens is 1. The Morgan fingerprint density at radius 1 is 1.29 bits per heavy atom. The average Bonchev–Trinajstić information content (AvgIpc) is 3.40. The van der Waals surface area contributed by atoms with Gasteiger partial charge in [0.15, 0.2) is 5.96 Å². The van der Waals surface area contributed by atoms with Gasteiger partial charge in [-0.15, -0.1) is 11.3 Å². The predicted octanol–water partition coefficient (Wildman–Crippen LogP) is 2.67. The standard InChI is InChI=1S/C20H29N5O2S/c1-5-19-23-15(13-28-19)11-22-20(21-2)24-14-6-7-25(12-14)16-8-17(26-3)10-18(9-16)27-4/h8-10,13-14H,5-7,11-12H2,1-4H3,(H2,21,22,24). The van der Waals surface area contributed by atoms with Crippen LogP contribution in [0.3, 0.4) is 0 Å². The summed E-state index contributed by atoms with van der Waals surface area (Å²) in [4.78, 5) is 11.3. The minimum atomic E-state index is 0.324. The molecule has 0 spiro atoms. The normalized spacial score (nSPS) is 16.9. The first kappa shape index (κ1) is 20.3. The molecule has 1 aliphatic rings. The second-order valence-corrected chi connectivity index (χ2v) is 7.60. The van der Waals surface area contributed by atoms with Gasteiger partial charge in [-0.1, -0.05) is 6.92 Å². The van der Waals surface area contributed by atoms with Crippen LogP contribution in [0.2, 0.25) is 0 Å². The van der Waals surface area contributed by atoms with Crippen LogP contribution in [0.1, 0.15) is 24.0 Å². The molecule has 1 fully saturated rings. The maximum absolute atomic E-state index is 5.39. The maximum atomic E-state index is 5.39. The van der Waals surface area contributed by atoms with E-state index in [4.69, 9.17) is 9.47 Å². The van der Waals surface area contributed by atoms with Gasteiger partial charge in [0.25, 0.3) is 0 Å². The van der Waals surface area contributed by atoms with Gasteiger partial charge in [0.2, 0.25) is 0 Å². The largest absolute Gasteiger partial charge is 0.497 e. The number of aryl methyl sites for hydroxylation is 1. The fourth-order valence-electron chi connectivity index (χ4n) is 3.24. The molecule has 1 saturated heterocycles. The Morgan fingerprint density at radius 2 is 2.04 bits per heavy atom. The summed E-state index contributed by atoms with van der Waals surface area (Å²) in [6.45, 7) is 4.67. The van der Waals surface area contributed by atoms with Crippen molar-refractivity contribution in [3.05, 3.63) is 34.3 Å². The van der Waals surface area contributed by atoms with Crippen molar-refractivity contribution in [2.75, 3.05) is 39.3 Å². The van der Waals surface area contributed by atoms with Crippen LogP contribution in [0.25, 0.3) is 0 Å². The van der Waals surface area contributed by atoms with E-state index in [1.54, 1.807) is 32.6 Å². The molecule has 8 heteroatoms. The molecule has 1 aliphatic heterocycles. The van der Waals surface area contributed by atoms with Gasteiger partial charge in [-0.25, -0.2) is 4.98 Å². The van der Waals surface area contributed by atoms with Crippen LogP contribution in [0.4, 0.5) is 5.69 Å². The minimum Gasteiger partial charge on any atom is -0.497 e. The highest BCUT2D eigenvalue weighted by atomic mass is 32.1. The van der Waals surface area contributed by atoms with Crippen molar-refractivity contribution in [3.63, 3.8) is 0 Å². The smallest absolute Gasteiger partial charge is 0.191 e. The van der Waals surface area contributed by atoms with Gasteiger partial charge >= 0.3 is 0 Å². The molecule has 2 aromatic rings. The second-order valence-electron chi connectivity index (χ2n) is 6.66. The van der Waals surface area contributed by atoms with Crippen LogP contribution in [-0.4, -0.2) is 51.3 Å². The number of nitrogens with zero attached hydrogens (tertiary/aromatic N) is 3. The summed E-state index contributed by atoms with van der Waals surface area (Å²) in [6, 6.07) is 6.31. The highest BCUT2D eigenvalue weighted by Crippen LogP contribution is 2.30. The van der Waals surface area contributed by atoms with Crippen molar-refractivity contribution >= 4 is 23.0 Å². The summed E-state index contributed by atoms with van der Waals surface area (Å²) in [6.07, 6.45) is 2.02. The van der Waals surface area contributed by atoms with Crippen LogP contribution in [0.15, 0.2) is 28.6 Å². The number of nitrogens with one attached hydrogen (secondary N) is 2. The molecule has 0 aliphatic carbocycles. The lowest BCUT2D eigenvalue weighted by molar-refractivity contribution is 0.394. The van der Waals surface area contributed by atoms with E-state index >= 15 is 0 Å². The van der Waals surface area contributed by atoms with E-state index in [0.717, 1.165) is 54.8 Å². The van der Waals surface area contributed by atoms with E-state index in [0.29, 0.717) is 12.6 Å². The Morgan fingerprint density at radius 3 is 2.64 bits per heavy atom. The lowest BCUT2D eigenvalue weighted by Crippen LogP contribution is -2.44. The van der Waals surface area contributed by atoms with Crippen molar-refractivity contribution in [2.24, 2.45) is 4.99 Å². The SMILES string of the molecule is CCc1nc(CNC(=NC)NC2CCN(c3cc(OC)cc(OC)c3)C2)cs1. The van der Waals surface area contributed by atoms with E-state index in [1.165, 1.54) is 5.01 Å². The van der Waals surface area contributed by atoms with E-state index in [1.807, 2.05) is 18.2 Å². The molecule has 152 valence electrons. The molecule has 2 N–H and O–H groups in total. The molecule has 0 saturated carbocycles. The van der Waals surface area contributed by atoms with Gasteiger partial charge in [0.1, 0.15) is 11.5 Å². The molecule has 2 heterocycles. The molecule has 0 radical (unpaired) electrons. The van der Waals surface area contributed by atoms with Crippen molar-refractivity contribution in [2.45, 2.75) is 32.4 Å². The Hall–Kier alpha value is -2.48. The number of hydrogen-bond acceptors (Lipinski definition) is 6. The molecule has 0 bridgehead atoms. The first-order valence-corrected chi connectivity index (χ1v) is 10.4. The third kappa shape index (κ3) is 5.07. The molecular formula is C20H29N5O2S. The molecule has 3 rings (SSSR count). The molecule has 1 atom stereocenters. The highest BCUT2D eigenvalue weighted by molar-refractivity contribution is 7.09. The Kier molecular flexibility index (Phi) is 6.97. The average molecular weight is 404 g/mol. The zero-order chi connectivity index (χ0) is 19.9. The van der Waals surface area contributed by atoms with E-state index in [-0.39, 0.29) is 0 Å². The van der Waals surface area contributed by atoms with Gasteiger partial charge in [-0.05, 0) is 12.8 Å². The van der Waals surface area contributed by atoms with Crippen LogP contribution in [0, 0.1) is 0 Å². The summed E-state index contributed by atoms with van der Waals surface area (Å²) in [5.41, 5.74) is 2.17. The number of benzene rings is 1. The molecule has 7 nitrogen and oxygen atoms in total. The number of rotatable bonds is 7. The van der Waals surface area contributed by atoms with E-state index < -0.39 is 0 Å². The van der Waals surface area contributed by atoms with Crippen molar-refractivity contribution in [1.82, 2.24) is 15.6 Å². The number of aliphatic imine (C=N–C) groups is 1. The van der Waals surface area contributed by atoms with Gasteiger partial charge in [0, 0.05) is 55.4 Å². The number of methoxy groups -OCH3 is 2. The molecule has 1 aromatic heterocycles. The quantitative estimate of drug-likeness (QED) is 0.547. The third-order valence-corrected chi connectivity index (χ3v) is 5.83. The zero-order valence-electron chi connectivity index (χ0n) is 17.0. The lowest BCUT2D eigenvalue weighted by Gasteiger charge is -2.21. The summed E-state index contributed by atoms with van der Waals surface area (Å²) < 4.78 is 10.8. The van der Waals surface area contributed by atoms with Crippen molar-refractivity contribution < 1.29 is 9.47 Å². The number of guanidine groups is 1. The number of ether oxygens (including phenoxy) is 2. The Bertz CT molecular complexity index is 785. The second kappa shape index (κ2) is 9.64. The lowest BCUT2D eigenvalue weighted by atomic mass is 10.2. The summed E-state index contributed by atoms with van der Waals surface area (Å²) in [7, 11) is 5.15. The summed E-state index contributed by atoms with van der Waals surface area (Å²) in [5, 5.41) is 10.2. The van der Waals surface area contributed by atoms with Crippen LogP contribution in [0.5, 0.6) is 11.5 Å². The van der Waals surface area contributed by atoms with Crippen LogP contribution < -0.4 is 25.0 Å². The molecule has 1 aromatic carbocycles. The number of anilines is 1. The van der Waals surface area contributed by atoms with Crippen molar-refractivity contribution in [3.8, 4) is 11.5 Å². The van der Waals surface area contributed by atoms with Gasteiger partial charge in [-0.2, -0.15) is 0 Å². The monoisotopic (exact) mass is 403 g/mol. The number of thiazole rings is 1. The van der Waals surface area contributed by atoms with Gasteiger partial charge in [-0.3, -0.25) is 4.99 Å². The first-order chi connectivity index (χ1) is 13.6. The predicted molar refractivity (Wildman–Crippen MR) is 115 cm³/mol. The van der Waals surface area contributed by atoms with E-state index in [9.17, 15) is 0 Å². The molecule has 1 unspecified atom stereocenters. The molecule has 28 heavy (non-hydrogen) atoms. The fourth-order valence-corrected chi connectivity index (χ4v) is 3.99. The fraction of sp³-hybridized carbons (Fsp3) is 0.500. The maximum Gasteiger partial charge on any atom is 0.191 e. The van der Waals surface area contributed by atoms with Gasteiger partial charge in [0.05, 0.1) is 31.5 Å². The van der Waals surface area contributed by atoms with E-state index in [2.05, 4.69) is 37.8 Å². The zero-order valence-corrected chi connectivity index (χ0v) is 17.8. The molecular weight excluding hydrogens is 374 g/mol. The van der Waals surface area contributed by atoms with Crippen LogP contribution >= 0.6 is 11.3 Å². The summed E-state index contributed by atoms with van der Waals surface area (Å²) >= 11 is 1.71. The minimum absolute atomic E-state index is 0.324. The Balaban J connectivity index is 1.55. The van der Waals surface area contributed by atoms with Crippen LogP contribution in [-0.2, 0) is 13.0 Å². The highest BCUT2D eigenvalue weighted by Gasteiger charge is 2.24. The first-order valence-electron chi connectivity index (χ1n) is 9.53. The topological polar surface area (TPSA) is 71.0 Å². The third-order valence-electron chi connectivity index (χ3n) is 4.79. The van der Waals surface area contributed by atoms with Gasteiger partial charge < -0.3 is 25.0 Å². The number of hydrogen-bond donors (Lipinski definition) is 2. The summed E-state index contributed by atoms with van der Waals surface area (Å²) in [5.74, 6) is 2.41. The van der Waals surface area contributed by atoms with Crippen molar-refractivity contribution in [1.29, 1.82) is 0 Å². The Labute approximate surface area is 170 Å².